The molecular weight excluding hydrogens is 505 g/mol. The van der Waals surface area contributed by atoms with Crippen LogP contribution in [0, 0.1) is 0 Å². The molecule has 8 heteroatoms. The van der Waals surface area contributed by atoms with Crippen LogP contribution in [0.1, 0.15) is 24.5 Å². The Balaban J connectivity index is 0.00000272. The topological polar surface area (TPSA) is 52.6 Å². The van der Waals surface area contributed by atoms with Crippen molar-refractivity contribution in [3.8, 4) is 0 Å². The normalized spacial score (nSPS) is 23.6. The zero-order valence-electron chi connectivity index (χ0n) is 18.8. The third-order valence-electron chi connectivity index (χ3n) is 6.38. The van der Waals surface area contributed by atoms with E-state index in [-0.39, 0.29) is 24.0 Å². The number of benzene rings is 1. The average molecular weight is 543 g/mol. The van der Waals surface area contributed by atoms with Gasteiger partial charge in [0.15, 0.2) is 5.96 Å². The summed E-state index contributed by atoms with van der Waals surface area (Å²) in [4.78, 5) is 12.5. The fourth-order valence-electron chi connectivity index (χ4n) is 4.63. The van der Waals surface area contributed by atoms with Crippen molar-refractivity contribution in [1.29, 1.82) is 0 Å². The molecule has 0 bridgehead atoms. The van der Waals surface area contributed by atoms with Crippen molar-refractivity contribution in [3.05, 3.63) is 35.4 Å². The third kappa shape index (κ3) is 7.02. The number of guanidine groups is 1. The molecule has 3 aliphatic heterocycles. The van der Waals surface area contributed by atoms with Crippen molar-refractivity contribution in [1.82, 2.24) is 20.0 Å². The second-order valence-electron chi connectivity index (χ2n) is 8.36. The van der Waals surface area contributed by atoms with Gasteiger partial charge in [-0.15, -0.1) is 24.0 Å². The molecule has 3 fully saturated rings. The van der Waals surface area contributed by atoms with Gasteiger partial charge in [-0.25, -0.2) is 4.99 Å². The molecule has 3 saturated heterocycles. The molecule has 174 valence electrons. The van der Waals surface area contributed by atoms with Gasteiger partial charge in [0.05, 0.1) is 33.0 Å². The van der Waals surface area contributed by atoms with Gasteiger partial charge >= 0.3 is 0 Å². The molecule has 1 N–H and O–H groups in total. The molecule has 0 amide bonds. The quantitative estimate of drug-likeness (QED) is 0.337. The molecule has 4 rings (SSSR count). The minimum atomic E-state index is 0. The first-order valence-corrected chi connectivity index (χ1v) is 11.6. The van der Waals surface area contributed by atoms with Crippen LogP contribution in [0.5, 0.6) is 0 Å². The molecule has 0 aromatic heterocycles. The Morgan fingerprint density at radius 3 is 2.39 bits per heavy atom. The fraction of sp³-hybridized carbons (Fsp3) is 0.696. The smallest absolute Gasteiger partial charge is 0.194 e. The van der Waals surface area contributed by atoms with E-state index in [1.807, 2.05) is 0 Å². The van der Waals surface area contributed by atoms with Gasteiger partial charge in [0.25, 0.3) is 0 Å². The molecule has 1 atom stereocenters. The molecule has 31 heavy (non-hydrogen) atoms. The predicted molar refractivity (Wildman–Crippen MR) is 135 cm³/mol. The summed E-state index contributed by atoms with van der Waals surface area (Å²) in [7, 11) is 0. The lowest BCUT2D eigenvalue weighted by molar-refractivity contribution is 0.0195. The third-order valence-corrected chi connectivity index (χ3v) is 6.38. The SMILES string of the molecule is CCNC(=NCc1ccccc1CN1CCOCC1)N1CCC(N2CCOCC2)C1.I. The number of halogens is 1. The number of hydrogen-bond acceptors (Lipinski definition) is 5. The van der Waals surface area contributed by atoms with E-state index >= 15 is 0 Å². The van der Waals surface area contributed by atoms with Crippen LogP contribution in [0.4, 0.5) is 0 Å². The molecule has 1 unspecified atom stereocenters. The Hall–Kier alpha value is -0.940. The summed E-state index contributed by atoms with van der Waals surface area (Å²) in [5.74, 6) is 1.05. The van der Waals surface area contributed by atoms with Gasteiger partial charge in [0, 0.05) is 58.4 Å². The van der Waals surface area contributed by atoms with Gasteiger partial charge in [0.1, 0.15) is 0 Å². The van der Waals surface area contributed by atoms with Crippen molar-refractivity contribution < 1.29 is 9.47 Å². The van der Waals surface area contributed by atoms with Gasteiger partial charge in [0.2, 0.25) is 0 Å². The number of aliphatic imine (C=N–C) groups is 1. The molecule has 0 saturated carbocycles. The zero-order valence-corrected chi connectivity index (χ0v) is 21.1. The summed E-state index contributed by atoms with van der Waals surface area (Å²) in [5, 5.41) is 3.52. The maximum atomic E-state index is 5.52. The average Bonchev–Trinajstić information content (AvgIpc) is 3.29. The Morgan fingerprint density at radius 2 is 1.68 bits per heavy atom. The number of hydrogen-bond donors (Lipinski definition) is 1. The molecule has 7 nitrogen and oxygen atoms in total. The molecule has 0 aliphatic carbocycles. The number of ether oxygens (including phenoxy) is 2. The maximum Gasteiger partial charge on any atom is 0.194 e. The van der Waals surface area contributed by atoms with Gasteiger partial charge in [-0.05, 0) is 24.5 Å². The summed E-state index contributed by atoms with van der Waals surface area (Å²) >= 11 is 0. The lowest BCUT2D eigenvalue weighted by Crippen LogP contribution is -2.46. The minimum Gasteiger partial charge on any atom is -0.379 e. The molecule has 3 aliphatic rings. The van der Waals surface area contributed by atoms with Crippen molar-refractivity contribution >= 4 is 29.9 Å². The molecule has 0 spiro atoms. The second kappa shape index (κ2) is 12.9. The van der Waals surface area contributed by atoms with E-state index in [0.29, 0.717) is 6.04 Å². The van der Waals surface area contributed by atoms with Gasteiger partial charge in [-0.2, -0.15) is 0 Å². The Kier molecular flexibility index (Phi) is 10.3. The first-order valence-electron chi connectivity index (χ1n) is 11.6. The zero-order chi connectivity index (χ0) is 20.6. The number of nitrogens with one attached hydrogen (secondary N) is 1. The van der Waals surface area contributed by atoms with Crippen LogP contribution in [0.3, 0.4) is 0 Å². The highest BCUT2D eigenvalue weighted by molar-refractivity contribution is 14.0. The van der Waals surface area contributed by atoms with E-state index in [0.717, 1.165) is 91.3 Å². The van der Waals surface area contributed by atoms with Gasteiger partial charge in [-0.1, -0.05) is 24.3 Å². The van der Waals surface area contributed by atoms with Crippen LogP contribution in [-0.2, 0) is 22.6 Å². The maximum absolute atomic E-state index is 5.52. The first kappa shape index (κ1) is 24.7. The summed E-state index contributed by atoms with van der Waals surface area (Å²) in [6.07, 6.45) is 1.21. The molecule has 3 heterocycles. The van der Waals surface area contributed by atoms with Crippen LogP contribution < -0.4 is 5.32 Å². The van der Waals surface area contributed by atoms with E-state index in [1.54, 1.807) is 0 Å². The van der Waals surface area contributed by atoms with Crippen LogP contribution in [-0.4, -0.2) is 98.9 Å². The Bertz CT molecular complexity index is 692. The van der Waals surface area contributed by atoms with Crippen LogP contribution in [0.15, 0.2) is 29.3 Å². The van der Waals surface area contributed by atoms with E-state index in [1.165, 1.54) is 17.5 Å². The van der Waals surface area contributed by atoms with E-state index in [9.17, 15) is 0 Å². The lowest BCUT2D eigenvalue weighted by atomic mass is 10.1. The highest BCUT2D eigenvalue weighted by atomic mass is 127. The van der Waals surface area contributed by atoms with E-state index in [2.05, 4.69) is 51.2 Å². The fourth-order valence-corrected chi connectivity index (χ4v) is 4.63. The van der Waals surface area contributed by atoms with Crippen molar-refractivity contribution in [2.45, 2.75) is 32.5 Å². The molecule has 0 radical (unpaired) electrons. The van der Waals surface area contributed by atoms with Crippen molar-refractivity contribution in [3.63, 3.8) is 0 Å². The molecular formula is C23H38IN5O2. The number of nitrogens with zero attached hydrogens (tertiary/aromatic N) is 4. The van der Waals surface area contributed by atoms with E-state index in [4.69, 9.17) is 14.5 Å². The summed E-state index contributed by atoms with van der Waals surface area (Å²) < 4.78 is 11.0. The first-order chi connectivity index (χ1) is 14.8. The van der Waals surface area contributed by atoms with Crippen LogP contribution in [0.2, 0.25) is 0 Å². The van der Waals surface area contributed by atoms with Gasteiger partial charge in [-0.3, -0.25) is 9.80 Å². The molecule has 1 aromatic rings. The van der Waals surface area contributed by atoms with Crippen molar-refractivity contribution in [2.24, 2.45) is 4.99 Å². The van der Waals surface area contributed by atoms with Crippen LogP contribution in [0.25, 0.3) is 0 Å². The highest BCUT2D eigenvalue weighted by Gasteiger charge is 2.30. The highest BCUT2D eigenvalue weighted by Crippen LogP contribution is 2.18. The van der Waals surface area contributed by atoms with Gasteiger partial charge < -0.3 is 19.7 Å². The second-order valence-corrected chi connectivity index (χ2v) is 8.36. The monoisotopic (exact) mass is 543 g/mol. The van der Waals surface area contributed by atoms with Crippen LogP contribution >= 0.6 is 24.0 Å². The lowest BCUT2D eigenvalue weighted by Gasteiger charge is -2.32. The standard InChI is InChI=1S/C23H37N5O2.HI/c1-2-24-23(28-8-7-22(19-28)27-11-15-30-16-12-27)25-17-20-5-3-4-6-21(20)18-26-9-13-29-14-10-26;/h3-6,22H,2,7-19H2,1H3,(H,24,25);1H. The number of rotatable bonds is 6. The molecule has 1 aromatic carbocycles. The Labute approximate surface area is 204 Å². The minimum absolute atomic E-state index is 0. The summed E-state index contributed by atoms with van der Waals surface area (Å²) in [6, 6.07) is 9.36. The summed E-state index contributed by atoms with van der Waals surface area (Å²) in [6.45, 7) is 14.4. The van der Waals surface area contributed by atoms with E-state index < -0.39 is 0 Å². The van der Waals surface area contributed by atoms with Crippen molar-refractivity contribution in [2.75, 3.05) is 72.2 Å². The number of morpholine rings is 2. The summed E-state index contributed by atoms with van der Waals surface area (Å²) in [5.41, 5.74) is 2.70. The largest absolute Gasteiger partial charge is 0.379 e. The number of likely N-dealkylation sites (tertiary alicyclic amines) is 1. The Morgan fingerprint density at radius 1 is 1.00 bits per heavy atom. The predicted octanol–water partition coefficient (Wildman–Crippen LogP) is 2.01.